The molecule has 3 heteroatoms. The second kappa shape index (κ2) is 3.34. The monoisotopic (exact) mass is 604 g/mol. The van der Waals surface area contributed by atoms with Crippen LogP contribution in [-0.4, -0.2) is 16.5 Å². The summed E-state index contributed by atoms with van der Waals surface area (Å²) >= 11 is 0. The number of hydrogen-bond donors (Lipinski definition) is 0. The van der Waals surface area contributed by atoms with Crippen molar-refractivity contribution >= 4 is 31.8 Å². The van der Waals surface area contributed by atoms with E-state index in [4.69, 9.17) is 0 Å². The van der Waals surface area contributed by atoms with Gasteiger partial charge in [0.25, 0.3) is 0 Å². The zero-order chi connectivity index (χ0) is 27.0. The first kappa shape index (κ1) is 21.7. The predicted octanol–water partition coefficient (Wildman–Crippen LogP) is 9.69. The molecule has 4 unspecified atom stereocenters. The molecule has 0 saturated carbocycles. The molecule has 0 bridgehead atoms. The van der Waals surface area contributed by atoms with E-state index in [1.54, 1.807) is 22.1 Å². The normalized spacial score (nSPS) is 60.3. The van der Waals surface area contributed by atoms with E-state index < -0.39 is 14.4 Å². The molecule has 0 N–H and O–H groups in total. The van der Waals surface area contributed by atoms with Gasteiger partial charge in [-0.1, -0.05) is 0 Å². The molecule has 40 heavy (non-hydrogen) atoms. The Hall–Kier alpha value is -0.961. The number of rotatable bonds is 6. The van der Waals surface area contributed by atoms with Crippen molar-refractivity contribution in [3.63, 3.8) is 0 Å². The molecular formula is C37H42FeP2. The Morgan fingerprint density at radius 2 is 1.07 bits per heavy atom. The van der Waals surface area contributed by atoms with Crippen molar-refractivity contribution in [1.82, 2.24) is 0 Å². The number of fused-ring (bicyclic) bond motifs is 10. The van der Waals surface area contributed by atoms with Crippen LogP contribution in [0.4, 0.5) is 0 Å². The van der Waals surface area contributed by atoms with Gasteiger partial charge in [-0.15, -0.1) is 0 Å². The fraction of sp³-hybridized carbons (Fsp3) is 0.514. The van der Waals surface area contributed by atoms with Crippen LogP contribution in [0.25, 0.3) is 0 Å². The molecule has 0 nitrogen and oxygen atoms in total. The topological polar surface area (TPSA) is 0 Å². The Bertz CT molecular complexity index is 2040. The standard InChI is InChI=1S/C32H37P2.C5H5.Fe/c1-31(2,3)33(32(4,5)6)24-25-16-15-22-28(25)29-21-13-14-23-30(29)34(26-17-9-7-10-18-26)27-19-11-8-12-20-27;1-2-4-5-3-1;/h7-23H,24H2,1-6H3;1-5H;. The van der Waals surface area contributed by atoms with Crippen LogP contribution in [0.1, 0.15) is 47.1 Å². The van der Waals surface area contributed by atoms with Gasteiger partial charge in [0.05, 0.1) is 0 Å². The zero-order valence-corrected chi connectivity index (χ0v) is 27.5. The third-order valence-corrected chi connectivity index (χ3v) is 71.0. The minimum atomic E-state index is -3.70. The van der Waals surface area contributed by atoms with Crippen LogP contribution >= 0.6 is 15.8 Å². The van der Waals surface area contributed by atoms with Gasteiger partial charge in [0, 0.05) is 0 Å². The van der Waals surface area contributed by atoms with E-state index in [9.17, 15) is 0 Å². The maximum absolute atomic E-state index is 3.70. The molecule has 0 aliphatic carbocycles. The van der Waals surface area contributed by atoms with Gasteiger partial charge < -0.3 is 0 Å². The summed E-state index contributed by atoms with van der Waals surface area (Å²) in [7, 11) is -0.586. The summed E-state index contributed by atoms with van der Waals surface area (Å²) < 4.78 is 1.55. The summed E-state index contributed by atoms with van der Waals surface area (Å²) in [5.41, 5.74) is 1.95. The SMILES string of the molecule is CC(C)(C)P(C[C@@]12[CH]3[CH]4[CH]5[C]1(c1ccccc1P(c1ccccc1)c1ccccc1)[Fe]45321678[CH]2[CH]1[CH]6[CH]7[CH]28)C(C)(C)C. The van der Waals surface area contributed by atoms with E-state index in [1.807, 2.05) is 5.56 Å². The quantitative estimate of drug-likeness (QED) is 0.194. The van der Waals surface area contributed by atoms with Gasteiger partial charge in [0.15, 0.2) is 0 Å². The Morgan fingerprint density at radius 1 is 0.600 bits per heavy atom. The second-order valence-corrected chi connectivity index (χ2v) is 48.7. The van der Waals surface area contributed by atoms with Crippen LogP contribution in [0.5, 0.6) is 0 Å². The fourth-order valence-corrected chi connectivity index (χ4v) is 109. The van der Waals surface area contributed by atoms with Gasteiger partial charge in [-0.2, -0.15) is 0 Å². The molecule has 10 aliphatic heterocycles. The van der Waals surface area contributed by atoms with Gasteiger partial charge in [-0.05, 0) is 0 Å². The average molecular weight is 605 g/mol. The Labute approximate surface area is 232 Å². The van der Waals surface area contributed by atoms with E-state index in [1.165, 1.54) is 38.5 Å². The third-order valence-electron chi connectivity index (χ3n) is 20.8. The summed E-state index contributed by atoms with van der Waals surface area (Å²) in [6, 6.07) is 33.5. The average Bonchev–Trinajstić information content (AvgIpc) is 3.87. The van der Waals surface area contributed by atoms with Crippen molar-refractivity contribution in [2.75, 3.05) is 6.16 Å². The summed E-state index contributed by atoms with van der Waals surface area (Å²) in [5, 5.41) is 5.73. The Kier molecular flexibility index (Phi) is 1.81. The van der Waals surface area contributed by atoms with Crippen LogP contribution < -0.4 is 15.9 Å². The Morgan fingerprint density at radius 3 is 1.52 bits per heavy atom. The summed E-state index contributed by atoms with van der Waals surface area (Å²) in [6.45, 7) is 12.0. The van der Waals surface area contributed by atoms with Crippen molar-refractivity contribution in [3.8, 4) is 0 Å². The van der Waals surface area contributed by atoms with Crippen molar-refractivity contribution < 1.29 is 6.51 Å². The van der Waals surface area contributed by atoms with E-state index in [2.05, 4.69) is 126 Å². The van der Waals surface area contributed by atoms with E-state index in [0.29, 0.717) is 14.6 Å². The molecule has 0 aromatic heterocycles. The van der Waals surface area contributed by atoms with Crippen molar-refractivity contribution in [2.45, 2.75) is 99.0 Å². The molecule has 3 aromatic rings. The van der Waals surface area contributed by atoms with Crippen LogP contribution in [-0.2, 0) is 10.8 Å². The van der Waals surface area contributed by atoms with Crippen molar-refractivity contribution in [3.05, 3.63) is 90.5 Å². The molecule has 10 saturated heterocycles. The van der Waals surface area contributed by atoms with Crippen LogP contribution in [0.2, 0.25) is 42.8 Å². The molecule has 1 spiro atoms. The second-order valence-electron chi connectivity index (χ2n) is 19.3. The first-order chi connectivity index (χ1) is 18.8. The van der Waals surface area contributed by atoms with Crippen LogP contribution in [0.3, 0.4) is 0 Å². The van der Waals surface area contributed by atoms with Crippen molar-refractivity contribution in [2.24, 2.45) is 0 Å². The molecule has 5 atom stereocenters. The van der Waals surface area contributed by atoms with Gasteiger partial charge in [0.2, 0.25) is 0 Å². The number of hydrogen-bond acceptors (Lipinski definition) is 0. The number of benzene rings is 3. The molecule has 10 heterocycles. The molecule has 0 amide bonds. The molecular weight excluding hydrogens is 562 g/mol. The molecule has 10 fully saturated rings. The van der Waals surface area contributed by atoms with Gasteiger partial charge in [-0.3, -0.25) is 0 Å². The predicted molar refractivity (Wildman–Crippen MR) is 171 cm³/mol. The molecule has 13 rings (SSSR count). The van der Waals surface area contributed by atoms with Crippen LogP contribution in [0, 0.1) is 0 Å². The van der Waals surface area contributed by atoms with Gasteiger partial charge in [0.1, 0.15) is 0 Å². The van der Waals surface area contributed by atoms with Crippen molar-refractivity contribution in [1.29, 1.82) is 0 Å². The third kappa shape index (κ3) is 0.580. The first-order valence-electron chi connectivity index (χ1n) is 15.8. The molecule has 208 valence electrons. The van der Waals surface area contributed by atoms with E-state index >= 15 is 0 Å². The molecule has 10 aliphatic rings. The summed E-state index contributed by atoms with van der Waals surface area (Å²) in [4.78, 5) is 10.5. The maximum atomic E-state index is 2.75. The van der Waals surface area contributed by atoms with E-state index in [-0.39, 0.29) is 7.92 Å². The van der Waals surface area contributed by atoms with Gasteiger partial charge >= 0.3 is 234 Å². The Balaban J connectivity index is 1.10. The fourth-order valence-electron chi connectivity index (χ4n) is 22.5. The summed E-state index contributed by atoms with van der Waals surface area (Å²) in [6.07, 6.45) is 1.65. The van der Waals surface area contributed by atoms with Gasteiger partial charge in [-0.25, -0.2) is 0 Å². The van der Waals surface area contributed by atoms with Crippen LogP contribution in [0.15, 0.2) is 84.9 Å². The van der Waals surface area contributed by atoms with E-state index in [0.717, 1.165) is 4.31 Å². The molecule has 3 aromatic carbocycles. The minimum absolute atomic E-state index is 0.0433. The first-order valence-corrected chi connectivity index (χ1v) is 24.9. The molecule has 0 radical (unpaired) electrons. The zero-order valence-electron chi connectivity index (χ0n) is 24.7. The summed E-state index contributed by atoms with van der Waals surface area (Å²) in [5.74, 6) is 0.